The molecule has 1 N–H and O–H groups in total. The molecule has 1 aromatic heterocycles. The Labute approximate surface area is 153 Å². The van der Waals surface area contributed by atoms with Crippen LogP contribution in [0.2, 0.25) is 0 Å². The molecule has 6 heteroatoms. The van der Waals surface area contributed by atoms with Gasteiger partial charge in [-0.3, -0.25) is 4.79 Å². The number of nitrogens with one attached hydrogen (secondary N) is 1. The van der Waals surface area contributed by atoms with E-state index in [1.807, 2.05) is 31.9 Å². The molecule has 1 saturated heterocycles. The van der Waals surface area contributed by atoms with Gasteiger partial charge in [-0.05, 0) is 64.1 Å². The zero-order chi connectivity index (χ0) is 18.7. The molecule has 3 rings (SSSR count). The predicted molar refractivity (Wildman–Crippen MR) is 101 cm³/mol. The van der Waals surface area contributed by atoms with Gasteiger partial charge in [0.05, 0.1) is 11.4 Å². The first kappa shape index (κ1) is 18.3. The zero-order valence-corrected chi connectivity index (χ0v) is 15.5. The second-order valence-corrected chi connectivity index (χ2v) is 6.69. The van der Waals surface area contributed by atoms with E-state index in [0.29, 0.717) is 6.04 Å². The third kappa shape index (κ3) is 3.85. The van der Waals surface area contributed by atoms with E-state index in [0.717, 1.165) is 48.6 Å². The monoisotopic (exact) mass is 356 g/mol. The van der Waals surface area contributed by atoms with E-state index in [1.165, 1.54) is 12.1 Å². The van der Waals surface area contributed by atoms with Gasteiger partial charge in [-0.25, -0.2) is 9.07 Å². The second kappa shape index (κ2) is 7.83. The van der Waals surface area contributed by atoms with Crippen molar-refractivity contribution in [1.82, 2.24) is 20.0 Å². The topological polar surface area (TPSA) is 50.2 Å². The number of nitrogens with zero attached hydrogens (tertiary/aromatic N) is 3. The van der Waals surface area contributed by atoms with Crippen molar-refractivity contribution in [2.75, 3.05) is 20.1 Å². The number of benzene rings is 1. The number of rotatable bonds is 4. The van der Waals surface area contributed by atoms with Crippen molar-refractivity contribution in [1.29, 1.82) is 0 Å². The number of halogens is 1. The lowest BCUT2D eigenvalue weighted by molar-refractivity contribution is -0.127. The number of amides is 1. The van der Waals surface area contributed by atoms with Gasteiger partial charge in [-0.1, -0.05) is 0 Å². The summed E-state index contributed by atoms with van der Waals surface area (Å²) in [5.74, 6) is -0.240. The molecule has 0 radical (unpaired) electrons. The summed E-state index contributed by atoms with van der Waals surface area (Å²) >= 11 is 0. The molecule has 138 valence electrons. The van der Waals surface area contributed by atoms with Crippen molar-refractivity contribution in [3.63, 3.8) is 0 Å². The van der Waals surface area contributed by atoms with Crippen LogP contribution in [0.25, 0.3) is 11.8 Å². The third-order valence-electron chi connectivity index (χ3n) is 5.03. The Kier molecular flexibility index (Phi) is 5.52. The molecule has 0 spiro atoms. The van der Waals surface area contributed by atoms with Gasteiger partial charge < -0.3 is 10.2 Å². The Morgan fingerprint density at radius 1 is 1.23 bits per heavy atom. The first-order chi connectivity index (χ1) is 12.5. The Bertz CT molecular complexity index is 802. The van der Waals surface area contributed by atoms with Gasteiger partial charge in [0.2, 0.25) is 5.91 Å². The molecule has 1 aromatic carbocycles. The van der Waals surface area contributed by atoms with Crippen LogP contribution in [0.3, 0.4) is 0 Å². The van der Waals surface area contributed by atoms with Gasteiger partial charge in [0.15, 0.2) is 0 Å². The SMILES string of the molecule is CNC1CCN(C(=O)C=Cc2c(C)nn(-c3ccc(F)cc3)c2C)CC1. The minimum Gasteiger partial charge on any atom is -0.339 e. The smallest absolute Gasteiger partial charge is 0.246 e. The second-order valence-electron chi connectivity index (χ2n) is 6.69. The fraction of sp³-hybridized carbons (Fsp3) is 0.400. The van der Waals surface area contributed by atoms with Crippen molar-refractivity contribution in [3.05, 3.63) is 53.1 Å². The average molecular weight is 356 g/mol. The molecule has 5 nitrogen and oxygen atoms in total. The van der Waals surface area contributed by atoms with E-state index < -0.39 is 0 Å². The van der Waals surface area contributed by atoms with E-state index >= 15 is 0 Å². The molecule has 26 heavy (non-hydrogen) atoms. The molecular formula is C20H25FN4O. The van der Waals surface area contributed by atoms with Crippen molar-refractivity contribution >= 4 is 12.0 Å². The fourth-order valence-corrected chi connectivity index (χ4v) is 3.38. The highest BCUT2D eigenvalue weighted by Crippen LogP contribution is 2.20. The maximum Gasteiger partial charge on any atom is 0.246 e. The van der Waals surface area contributed by atoms with Crippen LogP contribution in [0.5, 0.6) is 0 Å². The van der Waals surface area contributed by atoms with Gasteiger partial charge in [-0.15, -0.1) is 0 Å². The fourth-order valence-electron chi connectivity index (χ4n) is 3.38. The quantitative estimate of drug-likeness (QED) is 0.857. The van der Waals surface area contributed by atoms with E-state index in [2.05, 4.69) is 10.4 Å². The summed E-state index contributed by atoms with van der Waals surface area (Å²) in [6.07, 6.45) is 5.43. The van der Waals surface area contributed by atoms with Crippen molar-refractivity contribution in [2.24, 2.45) is 0 Å². The number of aryl methyl sites for hydroxylation is 1. The number of piperidine rings is 1. The average Bonchev–Trinajstić information content (AvgIpc) is 2.94. The molecule has 0 aliphatic carbocycles. The number of carbonyl (C=O) groups is 1. The summed E-state index contributed by atoms with van der Waals surface area (Å²) in [6.45, 7) is 5.42. The van der Waals surface area contributed by atoms with Crippen LogP contribution in [-0.2, 0) is 4.79 Å². The minimum atomic E-state index is -0.275. The van der Waals surface area contributed by atoms with Crippen LogP contribution in [0, 0.1) is 19.7 Å². The molecule has 0 unspecified atom stereocenters. The summed E-state index contributed by atoms with van der Waals surface area (Å²) < 4.78 is 14.9. The highest BCUT2D eigenvalue weighted by molar-refractivity contribution is 5.92. The first-order valence-electron chi connectivity index (χ1n) is 8.96. The van der Waals surface area contributed by atoms with E-state index in [1.54, 1.807) is 22.9 Å². The van der Waals surface area contributed by atoms with Crippen molar-refractivity contribution < 1.29 is 9.18 Å². The number of hydrogen-bond donors (Lipinski definition) is 1. The molecule has 1 aliphatic rings. The molecule has 0 saturated carbocycles. The van der Waals surface area contributed by atoms with Gasteiger partial charge in [0, 0.05) is 36.5 Å². The van der Waals surface area contributed by atoms with Crippen LogP contribution in [0.1, 0.15) is 29.8 Å². The van der Waals surface area contributed by atoms with Crippen molar-refractivity contribution in [2.45, 2.75) is 32.7 Å². The first-order valence-corrected chi connectivity index (χ1v) is 8.96. The van der Waals surface area contributed by atoms with E-state index in [9.17, 15) is 9.18 Å². The lowest BCUT2D eigenvalue weighted by Crippen LogP contribution is -2.43. The molecule has 0 bridgehead atoms. The number of carbonyl (C=O) groups excluding carboxylic acids is 1. The largest absolute Gasteiger partial charge is 0.339 e. The van der Waals surface area contributed by atoms with Crippen LogP contribution in [-0.4, -0.2) is 46.8 Å². The summed E-state index contributed by atoms with van der Waals surface area (Å²) in [5.41, 5.74) is 3.48. The molecular weight excluding hydrogens is 331 g/mol. The van der Waals surface area contributed by atoms with Crippen LogP contribution in [0.4, 0.5) is 4.39 Å². The van der Waals surface area contributed by atoms with Gasteiger partial charge >= 0.3 is 0 Å². The van der Waals surface area contributed by atoms with Gasteiger partial charge in [0.25, 0.3) is 0 Å². The standard InChI is InChI=1S/C20H25FN4O/c1-14-19(8-9-20(26)24-12-10-17(22-3)11-13-24)15(2)25(23-14)18-6-4-16(21)5-7-18/h4-9,17,22H,10-13H2,1-3H3. The third-order valence-corrected chi connectivity index (χ3v) is 5.03. The summed E-state index contributed by atoms with van der Waals surface area (Å²) in [6, 6.07) is 6.72. The van der Waals surface area contributed by atoms with Gasteiger partial charge in [-0.2, -0.15) is 5.10 Å². The zero-order valence-electron chi connectivity index (χ0n) is 15.5. The molecule has 1 aliphatic heterocycles. The minimum absolute atomic E-state index is 0.0351. The summed E-state index contributed by atoms with van der Waals surface area (Å²) in [4.78, 5) is 14.3. The Balaban J connectivity index is 1.74. The Morgan fingerprint density at radius 2 is 1.88 bits per heavy atom. The molecule has 2 aromatic rings. The Hall–Kier alpha value is -2.47. The molecule has 0 atom stereocenters. The summed E-state index contributed by atoms with van der Waals surface area (Å²) in [7, 11) is 1.96. The normalized spacial score (nSPS) is 15.8. The molecule has 1 amide bonds. The maximum atomic E-state index is 13.1. The molecule has 2 heterocycles. The maximum absolute atomic E-state index is 13.1. The number of hydrogen-bond acceptors (Lipinski definition) is 3. The lowest BCUT2D eigenvalue weighted by Gasteiger charge is -2.31. The number of likely N-dealkylation sites (tertiary alicyclic amines) is 1. The molecule has 1 fully saturated rings. The summed E-state index contributed by atoms with van der Waals surface area (Å²) in [5, 5.41) is 7.80. The van der Waals surface area contributed by atoms with Crippen molar-refractivity contribution in [3.8, 4) is 5.69 Å². The highest BCUT2D eigenvalue weighted by Gasteiger charge is 2.20. The highest BCUT2D eigenvalue weighted by atomic mass is 19.1. The van der Waals surface area contributed by atoms with E-state index in [-0.39, 0.29) is 11.7 Å². The van der Waals surface area contributed by atoms with Crippen LogP contribution < -0.4 is 5.32 Å². The predicted octanol–water partition coefficient (Wildman–Crippen LogP) is 2.85. The van der Waals surface area contributed by atoms with E-state index in [4.69, 9.17) is 0 Å². The van der Waals surface area contributed by atoms with Crippen LogP contribution in [0.15, 0.2) is 30.3 Å². The van der Waals surface area contributed by atoms with Crippen LogP contribution >= 0.6 is 0 Å². The lowest BCUT2D eigenvalue weighted by atomic mass is 10.1. The van der Waals surface area contributed by atoms with Gasteiger partial charge in [0.1, 0.15) is 5.82 Å². The Morgan fingerprint density at radius 3 is 2.50 bits per heavy atom. The number of aromatic nitrogens is 2.